The molecule has 0 aromatic carbocycles. The normalized spacial score (nSPS) is 20.9. The van der Waals surface area contributed by atoms with Gasteiger partial charge in [0.05, 0.1) is 6.10 Å². The molecule has 0 unspecified atom stereocenters. The number of pyridine rings is 1. The molecule has 1 aliphatic carbocycles. The minimum Gasteiger partial charge on any atom is -0.619 e. The number of hydrogen-bond donors (Lipinski definition) is 2. The molecular weight excluding hydrogens is 423 g/mol. The molecule has 1 fully saturated rings. The van der Waals surface area contributed by atoms with Crippen LogP contribution < -0.4 is 10.0 Å². The number of aliphatic hydroxyl groups is 1. The minimum absolute atomic E-state index is 0.0137. The molecule has 31 heavy (non-hydrogen) atoms. The fourth-order valence-corrected chi connectivity index (χ4v) is 3.56. The predicted octanol–water partition coefficient (Wildman–Crippen LogP) is 3.60. The van der Waals surface area contributed by atoms with Crippen molar-refractivity contribution in [3.05, 3.63) is 52.4 Å². The number of halogens is 5. The van der Waals surface area contributed by atoms with Crippen LogP contribution in [-0.2, 0) is 24.9 Å². The highest BCUT2D eigenvalue weighted by molar-refractivity contribution is 5.47. The Balaban J connectivity index is 1.86. The Labute approximate surface area is 175 Å². The highest BCUT2D eigenvalue weighted by Gasteiger charge is 2.48. The number of aliphatic hydroxyl groups excluding tert-OH is 1. The van der Waals surface area contributed by atoms with Crippen molar-refractivity contribution in [2.24, 2.45) is 5.41 Å². The van der Waals surface area contributed by atoms with Crippen LogP contribution in [0.4, 0.5) is 27.8 Å². The monoisotopic (exact) mass is 446 g/mol. The van der Waals surface area contributed by atoms with Crippen molar-refractivity contribution in [2.75, 3.05) is 5.32 Å². The molecule has 170 valence electrons. The summed E-state index contributed by atoms with van der Waals surface area (Å²) >= 11 is 0. The Hall–Kier alpha value is -2.56. The second-order valence-electron chi connectivity index (χ2n) is 8.45. The molecule has 2 N–H and O–H groups in total. The third-order valence-electron chi connectivity index (χ3n) is 5.78. The standard InChI is InChI=1S/C20H23F5N4O2/c1-18(2)14(8-15(18)30)27-17-13(20(23,24)25)9-26-16(28-17)5-4-11-10-29(31)7-6-12(11)19(3,21)22/h6-7,9-10,14-15,30H,4-5,8H2,1-3H3,(H,26,27,28)/t14-,15-/m1/s1. The third kappa shape index (κ3) is 4.86. The SMILES string of the molecule is CC(F)(F)c1cc[n+]([O-])cc1CCc1ncc(C(F)(F)F)c(N[C@@H]2C[C@@H](O)C2(C)C)n1. The fraction of sp³-hybridized carbons (Fsp3) is 0.550. The van der Waals surface area contributed by atoms with E-state index in [1.165, 1.54) is 0 Å². The van der Waals surface area contributed by atoms with E-state index in [0.717, 1.165) is 18.5 Å². The van der Waals surface area contributed by atoms with Crippen molar-refractivity contribution < 1.29 is 31.8 Å². The molecule has 0 bridgehead atoms. The maximum absolute atomic E-state index is 13.8. The predicted molar refractivity (Wildman–Crippen MR) is 101 cm³/mol. The molecule has 0 aliphatic heterocycles. The van der Waals surface area contributed by atoms with Gasteiger partial charge in [-0.1, -0.05) is 13.8 Å². The zero-order valence-corrected chi connectivity index (χ0v) is 17.2. The summed E-state index contributed by atoms with van der Waals surface area (Å²) in [7, 11) is 0. The van der Waals surface area contributed by atoms with Gasteiger partial charge in [0.15, 0.2) is 12.4 Å². The number of nitrogens with one attached hydrogen (secondary N) is 1. The maximum atomic E-state index is 13.8. The topological polar surface area (TPSA) is 85.0 Å². The number of alkyl halides is 5. The van der Waals surface area contributed by atoms with Crippen molar-refractivity contribution >= 4 is 5.82 Å². The molecular formula is C20H23F5N4O2. The molecule has 0 saturated heterocycles. The first-order valence-electron chi connectivity index (χ1n) is 9.67. The largest absolute Gasteiger partial charge is 0.619 e. The summed E-state index contributed by atoms with van der Waals surface area (Å²) in [5, 5.41) is 24.1. The Morgan fingerprint density at radius 2 is 1.90 bits per heavy atom. The number of aryl methyl sites for hydroxylation is 2. The quantitative estimate of drug-likeness (QED) is 0.403. The van der Waals surface area contributed by atoms with Crippen LogP contribution in [0.25, 0.3) is 0 Å². The second kappa shape index (κ2) is 7.85. The molecule has 1 saturated carbocycles. The van der Waals surface area contributed by atoms with Crippen molar-refractivity contribution in [1.82, 2.24) is 9.97 Å². The van der Waals surface area contributed by atoms with Crippen LogP contribution in [0.3, 0.4) is 0 Å². The van der Waals surface area contributed by atoms with E-state index in [1.54, 1.807) is 13.8 Å². The highest BCUT2D eigenvalue weighted by Crippen LogP contribution is 2.43. The average molecular weight is 446 g/mol. The van der Waals surface area contributed by atoms with Gasteiger partial charge in [0.2, 0.25) is 0 Å². The van der Waals surface area contributed by atoms with Gasteiger partial charge < -0.3 is 15.6 Å². The highest BCUT2D eigenvalue weighted by atomic mass is 19.4. The molecule has 0 amide bonds. The molecule has 2 aromatic rings. The first-order chi connectivity index (χ1) is 14.2. The molecule has 6 nitrogen and oxygen atoms in total. The lowest BCUT2D eigenvalue weighted by atomic mass is 9.64. The summed E-state index contributed by atoms with van der Waals surface area (Å²) in [6, 6.07) is 0.595. The van der Waals surface area contributed by atoms with E-state index in [1.807, 2.05) is 0 Å². The van der Waals surface area contributed by atoms with E-state index in [4.69, 9.17) is 0 Å². The second-order valence-corrected chi connectivity index (χ2v) is 8.45. The summed E-state index contributed by atoms with van der Waals surface area (Å²) in [6.07, 6.45) is -2.55. The lowest BCUT2D eigenvalue weighted by molar-refractivity contribution is -0.606. The molecule has 0 radical (unpaired) electrons. The zero-order chi connectivity index (χ0) is 23.2. The van der Waals surface area contributed by atoms with Crippen LogP contribution in [0.15, 0.2) is 24.7 Å². The van der Waals surface area contributed by atoms with Crippen LogP contribution in [0.5, 0.6) is 0 Å². The van der Waals surface area contributed by atoms with Gasteiger partial charge in [0.25, 0.3) is 5.92 Å². The Morgan fingerprint density at radius 3 is 2.45 bits per heavy atom. The molecule has 0 spiro atoms. The molecule has 2 heterocycles. The lowest BCUT2D eigenvalue weighted by Gasteiger charge is -2.49. The lowest BCUT2D eigenvalue weighted by Crippen LogP contribution is -2.57. The van der Waals surface area contributed by atoms with Crippen molar-refractivity contribution in [2.45, 2.75) is 64.3 Å². The number of nitrogens with zero attached hydrogens (tertiary/aromatic N) is 3. The third-order valence-corrected chi connectivity index (χ3v) is 5.78. The molecule has 1 aliphatic rings. The minimum atomic E-state index is -4.70. The summed E-state index contributed by atoms with van der Waals surface area (Å²) in [4.78, 5) is 7.73. The van der Waals surface area contributed by atoms with Gasteiger partial charge >= 0.3 is 6.18 Å². The summed E-state index contributed by atoms with van der Waals surface area (Å²) in [6.45, 7) is 4.16. The van der Waals surface area contributed by atoms with Gasteiger partial charge in [-0.25, -0.2) is 18.7 Å². The van der Waals surface area contributed by atoms with Gasteiger partial charge in [-0.2, -0.15) is 17.9 Å². The number of aromatic nitrogens is 3. The van der Waals surface area contributed by atoms with Crippen molar-refractivity contribution in [3.63, 3.8) is 0 Å². The summed E-state index contributed by atoms with van der Waals surface area (Å²) in [5.74, 6) is -3.59. The van der Waals surface area contributed by atoms with E-state index >= 15 is 0 Å². The van der Waals surface area contributed by atoms with Crippen LogP contribution in [-0.4, -0.2) is 27.2 Å². The van der Waals surface area contributed by atoms with Gasteiger partial charge in [-0.3, -0.25) is 0 Å². The first kappa shape index (κ1) is 23.1. The van der Waals surface area contributed by atoms with Gasteiger partial charge in [-0.05, 0) is 12.8 Å². The Bertz CT molecular complexity index is 960. The van der Waals surface area contributed by atoms with E-state index in [-0.39, 0.29) is 36.2 Å². The number of rotatable bonds is 6. The molecule has 2 atom stereocenters. The van der Waals surface area contributed by atoms with Gasteiger partial charge in [0, 0.05) is 48.2 Å². The van der Waals surface area contributed by atoms with Gasteiger partial charge in [-0.15, -0.1) is 0 Å². The summed E-state index contributed by atoms with van der Waals surface area (Å²) < 4.78 is 68.2. The maximum Gasteiger partial charge on any atom is 0.421 e. The fourth-order valence-electron chi connectivity index (χ4n) is 3.56. The van der Waals surface area contributed by atoms with Crippen LogP contribution in [0.1, 0.15) is 49.7 Å². The van der Waals surface area contributed by atoms with E-state index in [9.17, 15) is 32.3 Å². The molecule has 3 rings (SSSR count). The van der Waals surface area contributed by atoms with E-state index in [0.29, 0.717) is 17.9 Å². The van der Waals surface area contributed by atoms with E-state index in [2.05, 4.69) is 15.3 Å². The van der Waals surface area contributed by atoms with E-state index < -0.39 is 41.0 Å². The van der Waals surface area contributed by atoms with Crippen LogP contribution in [0.2, 0.25) is 0 Å². The number of hydrogen-bond acceptors (Lipinski definition) is 5. The average Bonchev–Trinajstić information content (AvgIpc) is 2.64. The Kier molecular flexibility index (Phi) is 5.85. The molecule has 11 heteroatoms. The smallest absolute Gasteiger partial charge is 0.421 e. The van der Waals surface area contributed by atoms with Crippen LogP contribution in [0, 0.1) is 10.6 Å². The van der Waals surface area contributed by atoms with Crippen molar-refractivity contribution in [3.8, 4) is 0 Å². The summed E-state index contributed by atoms with van der Waals surface area (Å²) in [5.41, 5.74) is -1.96. The van der Waals surface area contributed by atoms with Gasteiger partial charge in [0.1, 0.15) is 17.2 Å². The molecule has 2 aromatic heterocycles. The number of anilines is 1. The van der Waals surface area contributed by atoms with Crippen molar-refractivity contribution in [1.29, 1.82) is 0 Å². The van der Waals surface area contributed by atoms with Crippen LogP contribution >= 0.6 is 0 Å². The first-order valence-corrected chi connectivity index (χ1v) is 9.67. The Morgan fingerprint density at radius 1 is 1.23 bits per heavy atom. The zero-order valence-electron chi connectivity index (χ0n) is 17.2.